The SMILES string of the molecule is CN(C=O)c1cc(C#N)ccc1N(C)c1ccc(Cl)nc1. The molecular formula is C15H13ClN4O. The van der Waals surface area contributed by atoms with Crippen LogP contribution >= 0.6 is 11.6 Å². The molecule has 0 atom stereocenters. The Kier molecular flexibility index (Phi) is 4.41. The number of aromatic nitrogens is 1. The van der Waals surface area contributed by atoms with E-state index in [0.717, 1.165) is 11.4 Å². The highest BCUT2D eigenvalue weighted by atomic mass is 35.5. The number of pyridine rings is 1. The zero-order valence-electron chi connectivity index (χ0n) is 11.6. The van der Waals surface area contributed by atoms with Gasteiger partial charge in [-0.15, -0.1) is 0 Å². The van der Waals surface area contributed by atoms with Gasteiger partial charge >= 0.3 is 0 Å². The summed E-state index contributed by atoms with van der Waals surface area (Å²) in [6, 6.07) is 10.8. The second kappa shape index (κ2) is 6.25. The fraction of sp³-hybridized carbons (Fsp3) is 0.133. The summed E-state index contributed by atoms with van der Waals surface area (Å²) in [5.74, 6) is 0. The maximum absolute atomic E-state index is 11.1. The lowest BCUT2D eigenvalue weighted by Gasteiger charge is -2.25. The van der Waals surface area contributed by atoms with E-state index >= 15 is 0 Å². The number of hydrogen-bond donors (Lipinski definition) is 0. The first kappa shape index (κ1) is 14.8. The van der Waals surface area contributed by atoms with E-state index < -0.39 is 0 Å². The summed E-state index contributed by atoms with van der Waals surface area (Å²) in [4.78, 5) is 18.4. The number of rotatable bonds is 4. The molecule has 0 saturated carbocycles. The molecule has 2 rings (SSSR count). The van der Waals surface area contributed by atoms with Crippen molar-refractivity contribution in [2.75, 3.05) is 23.9 Å². The number of nitrogens with zero attached hydrogens (tertiary/aromatic N) is 4. The summed E-state index contributed by atoms with van der Waals surface area (Å²) >= 11 is 5.79. The second-order valence-electron chi connectivity index (χ2n) is 4.43. The fourth-order valence-electron chi connectivity index (χ4n) is 1.92. The van der Waals surface area contributed by atoms with Crippen molar-refractivity contribution in [3.8, 4) is 6.07 Å². The molecule has 5 nitrogen and oxygen atoms in total. The Labute approximate surface area is 128 Å². The van der Waals surface area contributed by atoms with Crippen LogP contribution in [-0.2, 0) is 4.79 Å². The number of carbonyl (C=O) groups excluding carboxylic acids is 1. The number of anilines is 3. The fourth-order valence-corrected chi connectivity index (χ4v) is 2.03. The van der Waals surface area contributed by atoms with Crippen molar-refractivity contribution in [3.63, 3.8) is 0 Å². The molecule has 0 aliphatic rings. The minimum Gasteiger partial charge on any atom is -0.342 e. The largest absolute Gasteiger partial charge is 0.342 e. The lowest BCUT2D eigenvalue weighted by Crippen LogP contribution is -2.19. The molecule has 0 aliphatic heterocycles. The van der Waals surface area contributed by atoms with Crippen LogP contribution in [0.5, 0.6) is 0 Å². The van der Waals surface area contributed by atoms with Gasteiger partial charge in [-0.2, -0.15) is 5.26 Å². The van der Waals surface area contributed by atoms with Crippen LogP contribution in [0, 0.1) is 11.3 Å². The van der Waals surface area contributed by atoms with Crippen LogP contribution in [0.15, 0.2) is 36.5 Å². The van der Waals surface area contributed by atoms with Crippen LogP contribution in [-0.4, -0.2) is 25.5 Å². The van der Waals surface area contributed by atoms with Gasteiger partial charge in [-0.25, -0.2) is 4.98 Å². The molecule has 0 saturated heterocycles. The van der Waals surface area contributed by atoms with Crippen LogP contribution in [0.3, 0.4) is 0 Å². The molecule has 106 valence electrons. The standard InChI is InChI=1S/C15H13ClN4O/c1-19(10-21)14-7-11(8-17)3-5-13(14)20(2)12-4-6-15(16)18-9-12/h3-7,9-10H,1-2H3. The van der Waals surface area contributed by atoms with Crippen LogP contribution < -0.4 is 9.80 Å². The number of amides is 1. The third-order valence-corrected chi connectivity index (χ3v) is 3.33. The summed E-state index contributed by atoms with van der Waals surface area (Å²) in [6.07, 6.45) is 2.35. The van der Waals surface area contributed by atoms with Crippen molar-refractivity contribution < 1.29 is 4.79 Å². The van der Waals surface area contributed by atoms with Crippen LogP contribution in [0.25, 0.3) is 0 Å². The molecule has 1 amide bonds. The van der Waals surface area contributed by atoms with Gasteiger partial charge in [0.15, 0.2) is 0 Å². The molecule has 0 aliphatic carbocycles. The zero-order valence-corrected chi connectivity index (χ0v) is 12.4. The molecule has 2 aromatic rings. The van der Waals surface area contributed by atoms with E-state index in [1.165, 1.54) is 4.90 Å². The van der Waals surface area contributed by atoms with Crippen molar-refractivity contribution in [3.05, 3.63) is 47.2 Å². The Balaban J connectivity index is 2.49. The van der Waals surface area contributed by atoms with Crippen LogP contribution in [0.2, 0.25) is 5.15 Å². The van der Waals surface area contributed by atoms with Gasteiger partial charge in [0, 0.05) is 14.1 Å². The van der Waals surface area contributed by atoms with Gasteiger partial charge < -0.3 is 9.80 Å². The van der Waals surface area contributed by atoms with E-state index in [2.05, 4.69) is 11.1 Å². The molecule has 1 aromatic heterocycles. The zero-order chi connectivity index (χ0) is 15.4. The molecule has 0 fully saturated rings. The Morgan fingerprint density at radius 3 is 2.57 bits per heavy atom. The van der Waals surface area contributed by atoms with E-state index in [1.807, 2.05) is 18.0 Å². The van der Waals surface area contributed by atoms with Gasteiger partial charge in [-0.3, -0.25) is 4.79 Å². The Morgan fingerprint density at radius 1 is 1.24 bits per heavy atom. The lowest BCUT2D eigenvalue weighted by atomic mass is 10.1. The molecule has 0 N–H and O–H groups in total. The predicted octanol–water partition coefficient (Wildman–Crippen LogP) is 2.97. The monoisotopic (exact) mass is 300 g/mol. The minimum absolute atomic E-state index is 0.414. The number of halogens is 1. The normalized spacial score (nSPS) is 9.81. The van der Waals surface area contributed by atoms with E-state index in [0.29, 0.717) is 22.8 Å². The van der Waals surface area contributed by atoms with Crippen molar-refractivity contribution in [1.29, 1.82) is 5.26 Å². The quantitative estimate of drug-likeness (QED) is 0.643. The number of nitriles is 1. The highest BCUT2D eigenvalue weighted by Gasteiger charge is 2.13. The maximum Gasteiger partial charge on any atom is 0.213 e. The summed E-state index contributed by atoms with van der Waals surface area (Å²) < 4.78 is 0. The van der Waals surface area contributed by atoms with E-state index in [4.69, 9.17) is 16.9 Å². The van der Waals surface area contributed by atoms with Gasteiger partial charge in [-0.05, 0) is 30.3 Å². The number of benzene rings is 1. The van der Waals surface area contributed by atoms with E-state index in [9.17, 15) is 4.79 Å². The van der Waals surface area contributed by atoms with E-state index in [1.54, 1.807) is 37.5 Å². The van der Waals surface area contributed by atoms with Crippen molar-refractivity contribution >= 4 is 35.1 Å². The topological polar surface area (TPSA) is 60.2 Å². The van der Waals surface area contributed by atoms with Crippen LogP contribution in [0.1, 0.15) is 5.56 Å². The average molecular weight is 301 g/mol. The highest BCUT2D eigenvalue weighted by molar-refractivity contribution is 6.29. The van der Waals surface area contributed by atoms with Gasteiger partial charge in [0.25, 0.3) is 0 Å². The molecule has 0 spiro atoms. The summed E-state index contributed by atoms with van der Waals surface area (Å²) in [7, 11) is 3.50. The van der Waals surface area contributed by atoms with Gasteiger partial charge in [0.2, 0.25) is 6.41 Å². The Bertz CT molecular complexity index is 694. The third-order valence-electron chi connectivity index (χ3n) is 3.10. The molecule has 0 bridgehead atoms. The second-order valence-corrected chi connectivity index (χ2v) is 4.82. The van der Waals surface area contributed by atoms with Crippen molar-refractivity contribution in [1.82, 2.24) is 4.98 Å². The Hall–Kier alpha value is -2.58. The predicted molar refractivity (Wildman–Crippen MR) is 82.9 cm³/mol. The Morgan fingerprint density at radius 2 is 2.00 bits per heavy atom. The first-order valence-corrected chi connectivity index (χ1v) is 6.52. The molecule has 6 heteroatoms. The maximum atomic E-state index is 11.1. The summed E-state index contributed by atoms with van der Waals surface area (Å²) in [6.45, 7) is 0. The highest BCUT2D eigenvalue weighted by Crippen LogP contribution is 2.33. The van der Waals surface area contributed by atoms with Crippen molar-refractivity contribution in [2.24, 2.45) is 0 Å². The van der Waals surface area contributed by atoms with Crippen LogP contribution in [0.4, 0.5) is 17.1 Å². The van der Waals surface area contributed by atoms with Crippen molar-refractivity contribution in [2.45, 2.75) is 0 Å². The first-order valence-electron chi connectivity index (χ1n) is 6.14. The molecule has 0 radical (unpaired) electrons. The number of hydrogen-bond acceptors (Lipinski definition) is 4. The minimum atomic E-state index is 0.414. The van der Waals surface area contributed by atoms with Gasteiger partial charge in [-0.1, -0.05) is 11.6 Å². The summed E-state index contributed by atoms with van der Waals surface area (Å²) in [5.41, 5.74) is 2.74. The molecule has 0 unspecified atom stereocenters. The molecule has 21 heavy (non-hydrogen) atoms. The van der Waals surface area contributed by atoms with Gasteiger partial charge in [0.1, 0.15) is 5.15 Å². The molecule has 1 aromatic carbocycles. The lowest BCUT2D eigenvalue weighted by molar-refractivity contribution is -0.107. The number of carbonyl (C=O) groups is 1. The average Bonchev–Trinajstić information content (AvgIpc) is 2.53. The smallest absolute Gasteiger partial charge is 0.213 e. The third kappa shape index (κ3) is 3.12. The molecule has 1 heterocycles. The molecular weight excluding hydrogens is 288 g/mol. The first-order chi connectivity index (χ1) is 10.1. The summed E-state index contributed by atoms with van der Waals surface area (Å²) in [5, 5.41) is 9.41. The van der Waals surface area contributed by atoms with Gasteiger partial charge in [0.05, 0.1) is 34.9 Å². The van der Waals surface area contributed by atoms with E-state index in [-0.39, 0.29) is 0 Å².